The average molecular weight is 419 g/mol. The predicted octanol–water partition coefficient (Wildman–Crippen LogP) is 4.85. The van der Waals surface area contributed by atoms with Gasteiger partial charge >= 0.3 is 6.09 Å². The summed E-state index contributed by atoms with van der Waals surface area (Å²) in [6.45, 7) is 15.0. The smallest absolute Gasteiger partial charge is 0.407 e. The molecule has 1 amide bonds. The number of carbonyl (C=O) groups is 1. The van der Waals surface area contributed by atoms with Crippen LogP contribution < -0.4 is 10.6 Å². The Morgan fingerprint density at radius 1 is 1.20 bits per heavy atom. The van der Waals surface area contributed by atoms with E-state index in [0.717, 1.165) is 24.9 Å². The number of hydrogen-bond acceptors (Lipinski definition) is 4. The zero-order valence-corrected chi connectivity index (χ0v) is 19.5. The molecule has 0 aromatic heterocycles. The van der Waals surface area contributed by atoms with Crippen molar-refractivity contribution in [2.45, 2.75) is 84.5 Å². The van der Waals surface area contributed by atoms with E-state index in [4.69, 9.17) is 4.74 Å². The molecule has 0 spiro atoms. The maximum Gasteiger partial charge on any atom is 0.407 e. The van der Waals surface area contributed by atoms with E-state index in [-0.39, 0.29) is 0 Å². The first-order valence-electron chi connectivity index (χ1n) is 11.1. The normalized spacial score (nSPS) is 14.6. The molecule has 5 heteroatoms. The summed E-state index contributed by atoms with van der Waals surface area (Å²) in [5.74, 6) is 0.633. The molecule has 3 N–H and O–H groups in total. The van der Waals surface area contributed by atoms with Gasteiger partial charge in [-0.15, -0.1) is 6.58 Å². The molecule has 1 unspecified atom stereocenters. The molecule has 30 heavy (non-hydrogen) atoms. The Balaban J connectivity index is 2.50. The topological polar surface area (TPSA) is 70.6 Å². The minimum atomic E-state index is -0.712. The number of hydrogen-bond donors (Lipinski definition) is 3. The van der Waals surface area contributed by atoms with Gasteiger partial charge in [0, 0.05) is 6.54 Å². The van der Waals surface area contributed by atoms with Crippen LogP contribution in [0, 0.1) is 5.92 Å². The molecule has 0 aliphatic heterocycles. The molecule has 0 aliphatic carbocycles. The second-order valence-electron chi connectivity index (χ2n) is 9.46. The number of benzene rings is 1. The Morgan fingerprint density at radius 3 is 2.47 bits per heavy atom. The van der Waals surface area contributed by atoms with Gasteiger partial charge in [0.25, 0.3) is 0 Å². The summed E-state index contributed by atoms with van der Waals surface area (Å²) in [5.41, 5.74) is 1.72. The minimum absolute atomic E-state index is 0.422. The van der Waals surface area contributed by atoms with Crippen molar-refractivity contribution < 1.29 is 14.6 Å². The molecule has 1 aromatic carbocycles. The number of nitrogens with one attached hydrogen (secondary N) is 2. The molecule has 1 rings (SSSR count). The van der Waals surface area contributed by atoms with Crippen LogP contribution in [0.5, 0.6) is 0 Å². The second kappa shape index (κ2) is 13.5. The maximum atomic E-state index is 12.3. The highest BCUT2D eigenvalue weighted by Crippen LogP contribution is 2.14. The van der Waals surface area contributed by atoms with Crippen LogP contribution in [0.3, 0.4) is 0 Å². The first kappa shape index (κ1) is 26.2. The van der Waals surface area contributed by atoms with E-state index < -0.39 is 23.8 Å². The summed E-state index contributed by atoms with van der Waals surface area (Å²) in [4.78, 5) is 12.3. The van der Waals surface area contributed by atoms with Crippen LogP contribution >= 0.6 is 0 Å². The lowest BCUT2D eigenvalue weighted by molar-refractivity contribution is 0.0422. The molecule has 0 saturated heterocycles. The van der Waals surface area contributed by atoms with E-state index in [2.05, 4.69) is 31.1 Å². The maximum absolute atomic E-state index is 12.3. The molecule has 0 fully saturated rings. The lowest BCUT2D eigenvalue weighted by Crippen LogP contribution is -2.50. The molecule has 0 bridgehead atoms. The number of amides is 1. The predicted molar refractivity (Wildman–Crippen MR) is 125 cm³/mol. The van der Waals surface area contributed by atoms with Gasteiger partial charge in [-0.2, -0.15) is 0 Å². The number of aliphatic hydroxyl groups is 1. The molecular formula is C25H42N2O3. The lowest BCUT2D eigenvalue weighted by Gasteiger charge is -2.27. The van der Waals surface area contributed by atoms with E-state index in [1.165, 1.54) is 18.4 Å². The Bertz CT molecular complexity index is 625. The third-order valence-corrected chi connectivity index (χ3v) is 4.93. The molecular weight excluding hydrogens is 376 g/mol. The third kappa shape index (κ3) is 12.7. The van der Waals surface area contributed by atoms with Crippen LogP contribution in [0.1, 0.15) is 65.9 Å². The van der Waals surface area contributed by atoms with Crippen LogP contribution in [0.15, 0.2) is 42.5 Å². The van der Waals surface area contributed by atoms with E-state index in [1.807, 2.05) is 51.1 Å². The number of rotatable bonds is 13. The van der Waals surface area contributed by atoms with Gasteiger partial charge in [0.2, 0.25) is 0 Å². The third-order valence-electron chi connectivity index (χ3n) is 4.93. The van der Waals surface area contributed by atoms with Crippen molar-refractivity contribution >= 4 is 6.09 Å². The van der Waals surface area contributed by atoms with Crippen molar-refractivity contribution in [3.63, 3.8) is 0 Å². The molecule has 0 saturated carbocycles. The van der Waals surface area contributed by atoms with Crippen LogP contribution in [-0.4, -0.2) is 42.0 Å². The van der Waals surface area contributed by atoms with Crippen molar-refractivity contribution in [2.75, 3.05) is 13.1 Å². The van der Waals surface area contributed by atoms with Gasteiger partial charge in [-0.1, -0.05) is 49.2 Å². The number of ether oxygens (including phenoxy) is 1. The zero-order chi connectivity index (χ0) is 22.6. The first-order valence-corrected chi connectivity index (χ1v) is 11.1. The largest absolute Gasteiger partial charge is 0.444 e. The Kier molecular flexibility index (Phi) is 11.7. The van der Waals surface area contributed by atoms with E-state index >= 15 is 0 Å². The van der Waals surface area contributed by atoms with Crippen molar-refractivity contribution in [3.05, 3.63) is 48.0 Å². The highest BCUT2D eigenvalue weighted by atomic mass is 16.6. The van der Waals surface area contributed by atoms with Gasteiger partial charge < -0.3 is 20.5 Å². The Labute approximate surface area is 183 Å². The summed E-state index contributed by atoms with van der Waals surface area (Å²) in [5, 5.41) is 16.9. The molecule has 5 nitrogen and oxygen atoms in total. The van der Waals surface area contributed by atoms with Crippen LogP contribution in [0.4, 0.5) is 4.79 Å². The molecule has 1 aromatic rings. The van der Waals surface area contributed by atoms with Gasteiger partial charge in [-0.3, -0.25) is 0 Å². The van der Waals surface area contributed by atoms with E-state index in [0.29, 0.717) is 18.9 Å². The highest BCUT2D eigenvalue weighted by molar-refractivity contribution is 5.68. The summed E-state index contributed by atoms with van der Waals surface area (Å²) in [6.07, 6.45) is 3.84. The van der Waals surface area contributed by atoms with Gasteiger partial charge in [0.05, 0.1) is 12.1 Å². The lowest BCUT2D eigenvalue weighted by atomic mass is 9.99. The van der Waals surface area contributed by atoms with Crippen LogP contribution in [-0.2, 0) is 11.2 Å². The van der Waals surface area contributed by atoms with Gasteiger partial charge in [0.15, 0.2) is 0 Å². The fourth-order valence-corrected chi connectivity index (χ4v) is 3.25. The van der Waals surface area contributed by atoms with Crippen LogP contribution in [0.25, 0.3) is 0 Å². The van der Waals surface area contributed by atoms with Crippen molar-refractivity contribution in [1.82, 2.24) is 10.6 Å². The molecule has 0 aliphatic rings. The second-order valence-corrected chi connectivity index (χ2v) is 9.46. The molecule has 0 radical (unpaired) electrons. The molecule has 170 valence electrons. The number of aliphatic hydroxyl groups excluding tert-OH is 1. The average Bonchev–Trinajstić information content (AvgIpc) is 2.63. The standard InChI is InChI=1S/C25H42N2O3/c1-19(2)11-10-12-20(3)15-16-26-18-23(28)22(17-21-13-8-7-9-14-21)27-24(29)30-25(4,5)6/h7-9,13-14,20,22-23,26,28H,1,10-12,15-18H2,2-6H3,(H,27,29)/t20?,22-,23+/m0/s1. The molecule has 3 atom stereocenters. The zero-order valence-electron chi connectivity index (χ0n) is 19.5. The summed E-state index contributed by atoms with van der Waals surface area (Å²) in [6, 6.07) is 9.44. The summed E-state index contributed by atoms with van der Waals surface area (Å²) in [7, 11) is 0. The van der Waals surface area contributed by atoms with Crippen LogP contribution in [0.2, 0.25) is 0 Å². The first-order chi connectivity index (χ1) is 14.1. The number of alkyl carbamates (subject to hydrolysis) is 1. The van der Waals surface area contributed by atoms with Crippen molar-refractivity contribution in [2.24, 2.45) is 5.92 Å². The monoisotopic (exact) mass is 418 g/mol. The number of carbonyl (C=O) groups excluding carboxylic acids is 1. The van der Waals surface area contributed by atoms with Crippen molar-refractivity contribution in [3.8, 4) is 0 Å². The minimum Gasteiger partial charge on any atom is -0.444 e. The molecule has 0 heterocycles. The Hall–Kier alpha value is -1.85. The van der Waals surface area contributed by atoms with Crippen molar-refractivity contribution in [1.29, 1.82) is 0 Å². The van der Waals surface area contributed by atoms with Gasteiger partial charge in [0.1, 0.15) is 5.60 Å². The fraction of sp³-hybridized carbons (Fsp3) is 0.640. The Morgan fingerprint density at radius 2 is 1.87 bits per heavy atom. The summed E-state index contributed by atoms with van der Waals surface area (Å²) >= 11 is 0. The number of allylic oxidation sites excluding steroid dienone is 1. The quantitative estimate of drug-likeness (QED) is 0.316. The summed E-state index contributed by atoms with van der Waals surface area (Å²) < 4.78 is 5.38. The fourth-order valence-electron chi connectivity index (χ4n) is 3.25. The van der Waals surface area contributed by atoms with E-state index in [9.17, 15) is 9.90 Å². The van der Waals surface area contributed by atoms with Gasteiger partial charge in [-0.05, 0) is 71.4 Å². The highest BCUT2D eigenvalue weighted by Gasteiger charge is 2.24. The SMILES string of the molecule is C=C(C)CCCC(C)CCNC[C@@H](O)[C@H](Cc1ccccc1)NC(=O)OC(C)(C)C. The van der Waals surface area contributed by atoms with E-state index in [1.54, 1.807) is 0 Å². The van der Waals surface area contributed by atoms with Gasteiger partial charge in [-0.25, -0.2) is 4.79 Å².